The molecule has 0 unspecified atom stereocenters. The number of nitrogens with zero attached hydrogens (tertiary/aromatic N) is 1. The van der Waals surface area contributed by atoms with Crippen LogP contribution in [0.1, 0.15) is 42.1 Å². The molecule has 0 spiro atoms. The van der Waals surface area contributed by atoms with Crippen molar-refractivity contribution in [2.45, 2.75) is 44.8 Å². The molecule has 1 aromatic carbocycles. The van der Waals surface area contributed by atoms with E-state index in [2.05, 4.69) is 34.6 Å². The Bertz CT molecular complexity index is 520. The summed E-state index contributed by atoms with van der Waals surface area (Å²) in [5.41, 5.74) is 1.99. The van der Waals surface area contributed by atoms with Crippen LogP contribution in [0.2, 0.25) is 0 Å². The van der Waals surface area contributed by atoms with Gasteiger partial charge in [-0.3, -0.25) is 9.69 Å². The van der Waals surface area contributed by atoms with E-state index in [4.69, 9.17) is 4.74 Å². The second-order valence-corrected chi connectivity index (χ2v) is 6.90. The number of ether oxygens (including phenoxy) is 1. The van der Waals surface area contributed by atoms with Crippen molar-refractivity contribution in [1.82, 2.24) is 15.5 Å². The van der Waals surface area contributed by atoms with Crippen LogP contribution in [0.4, 0.5) is 0 Å². The zero-order valence-electron chi connectivity index (χ0n) is 14.6. The lowest BCUT2D eigenvalue weighted by molar-refractivity contribution is 0.0342. The van der Waals surface area contributed by atoms with Gasteiger partial charge in [0.1, 0.15) is 0 Å². The van der Waals surface area contributed by atoms with Crippen molar-refractivity contribution in [1.29, 1.82) is 0 Å². The van der Waals surface area contributed by atoms with Crippen molar-refractivity contribution in [2.75, 3.05) is 32.8 Å². The number of carbonyl (C=O) groups excluding carboxylic acids is 1. The maximum Gasteiger partial charge on any atom is 0.251 e. The number of hydrogen-bond donors (Lipinski definition) is 2. The summed E-state index contributed by atoms with van der Waals surface area (Å²) in [6.45, 7) is 7.66. The normalized spacial score (nSPS) is 23.6. The lowest BCUT2D eigenvalue weighted by Gasteiger charge is -2.29. The maximum absolute atomic E-state index is 12.4. The topological polar surface area (TPSA) is 53.6 Å². The van der Waals surface area contributed by atoms with Crippen LogP contribution in [0, 0.1) is 0 Å². The Hall–Kier alpha value is -1.43. The first-order chi connectivity index (χ1) is 11.7. The second kappa shape index (κ2) is 8.60. The van der Waals surface area contributed by atoms with Crippen LogP contribution in [-0.2, 0) is 11.3 Å². The number of carbonyl (C=O) groups is 1. The molecule has 2 fully saturated rings. The van der Waals surface area contributed by atoms with Crippen LogP contribution in [0.15, 0.2) is 24.3 Å². The molecule has 0 aliphatic carbocycles. The number of benzene rings is 1. The summed E-state index contributed by atoms with van der Waals surface area (Å²) in [7, 11) is 0. The van der Waals surface area contributed by atoms with Crippen molar-refractivity contribution < 1.29 is 9.53 Å². The molecule has 1 aromatic rings. The van der Waals surface area contributed by atoms with Crippen LogP contribution in [0.3, 0.4) is 0 Å². The standard InChI is InChI=1S/C19H29N3O2/c1-15(18-4-2-3-9-20-18)21-19(23)17-7-5-16(6-8-17)14-22-10-12-24-13-11-22/h5-8,15,18,20H,2-4,9-14H2,1H3,(H,21,23)/t15-,18-/m1/s1. The average molecular weight is 331 g/mol. The Labute approximate surface area is 144 Å². The molecule has 5 heteroatoms. The van der Waals surface area contributed by atoms with Crippen molar-refractivity contribution in [3.63, 3.8) is 0 Å². The quantitative estimate of drug-likeness (QED) is 0.864. The first kappa shape index (κ1) is 17.4. The highest BCUT2D eigenvalue weighted by Gasteiger charge is 2.21. The van der Waals surface area contributed by atoms with Crippen LogP contribution < -0.4 is 10.6 Å². The van der Waals surface area contributed by atoms with E-state index in [0.717, 1.165) is 51.4 Å². The van der Waals surface area contributed by atoms with Crippen LogP contribution >= 0.6 is 0 Å². The molecule has 0 radical (unpaired) electrons. The number of nitrogens with one attached hydrogen (secondary N) is 2. The Kier molecular flexibility index (Phi) is 6.24. The molecule has 2 N–H and O–H groups in total. The van der Waals surface area contributed by atoms with Crippen LogP contribution in [0.5, 0.6) is 0 Å². The minimum absolute atomic E-state index is 0.0211. The molecule has 2 aliphatic rings. The highest BCUT2D eigenvalue weighted by Crippen LogP contribution is 2.12. The maximum atomic E-state index is 12.4. The molecule has 0 aromatic heterocycles. The van der Waals surface area contributed by atoms with E-state index in [9.17, 15) is 4.79 Å². The van der Waals surface area contributed by atoms with Gasteiger partial charge in [-0.25, -0.2) is 0 Å². The molecule has 5 nitrogen and oxygen atoms in total. The van der Waals surface area contributed by atoms with Crippen LogP contribution in [0.25, 0.3) is 0 Å². The largest absolute Gasteiger partial charge is 0.379 e. The summed E-state index contributed by atoms with van der Waals surface area (Å²) in [6.07, 6.45) is 3.62. The zero-order chi connectivity index (χ0) is 16.8. The van der Waals surface area contributed by atoms with Crippen molar-refractivity contribution in [3.05, 3.63) is 35.4 Å². The predicted molar refractivity (Wildman–Crippen MR) is 95.1 cm³/mol. The fourth-order valence-electron chi connectivity index (χ4n) is 3.48. The first-order valence-electron chi connectivity index (χ1n) is 9.15. The van der Waals surface area contributed by atoms with E-state index in [0.29, 0.717) is 6.04 Å². The summed E-state index contributed by atoms with van der Waals surface area (Å²) in [4.78, 5) is 14.8. The molecule has 2 heterocycles. The molecular weight excluding hydrogens is 302 g/mol. The number of rotatable bonds is 5. The number of morpholine rings is 1. The second-order valence-electron chi connectivity index (χ2n) is 6.90. The lowest BCUT2D eigenvalue weighted by atomic mass is 9.99. The van der Waals surface area contributed by atoms with Gasteiger partial charge < -0.3 is 15.4 Å². The Balaban J connectivity index is 1.51. The fraction of sp³-hybridized carbons (Fsp3) is 0.632. The third-order valence-electron chi connectivity index (χ3n) is 5.04. The lowest BCUT2D eigenvalue weighted by Crippen LogP contribution is -2.50. The van der Waals surface area contributed by atoms with Gasteiger partial charge in [-0.1, -0.05) is 18.6 Å². The van der Waals surface area contributed by atoms with Crippen molar-refractivity contribution in [2.24, 2.45) is 0 Å². The van der Waals surface area contributed by atoms with E-state index >= 15 is 0 Å². The molecule has 0 saturated carbocycles. The van der Waals surface area contributed by atoms with E-state index in [1.807, 2.05) is 12.1 Å². The third kappa shape index (κ3) is 4.79. The Morgan fingerprint density at radius 3 is 2.71 bits per heavy atom. The monoisotopic (exact) mass is 331 g/mol. The van der Waals surface area contributed by atoms with E-state index in [1.54, 1.807) is 0 Å². The minimum Gasteiger partial charge on any atom is -0.379 e. The fourth-order valence-corrected chi connectivity index (χ4v) is 3.48. The number of hydrogen-bond acceptors (Lipinski definition) is 4. The van der Waals surface area contributed by atoms with Gasteiger partial charge in [0.05, 0.1) is 13.2 Å². The van der Waals surface area contributed by atoms with E-state index in [1.165, 1.54) is 18.4 Å². The molecule has 2 atom stereocenters. The number of amides is 1. The van der Waals surface area contributed by atoms with E-state index in [-0.39, 0.29) is 11.9 Å². The van der Waals surface area contributed by atoms with Gasteiger partial charge in [0.25, 0.3) is 5.91 Å². The minimum atomic E-state index is 0.0211. The molecule has 132 valence electrons. The van der Waals surface area contributed by atoms with Gasteiger partial charge in [0, 0.05) is 37.3 Å². The highest BCUT2D eigenvalue weighted by atomic mass is 16.5. The van der Waals surface area contributed by atoms with Gasteiger partial charge in [0.15, 0.2) is 0 Å². The first-order valence-corrected chi connectivity index (χ1v) is 9.15. The summed E-state index contributed by atoms with van der Waals surface area (Å²) < 4.78 is 5.38. The van der Waals surface area contributed by atoms with Gasteiger partial charge in [-0.2, -0.15) is 0 Å². The van der Waals surface area contributed by atoms with Crippen molar-refractivity contribution in [3.8, 4) is 0 Å². The molecule has 24 heavy (non-hydrogen) atoms. The van der Waals surface area contributed by atoms with Gasteiger partial charge in [-0.05, 0) is 44.0 Å². The average Bonchev–Trinajstić information content (AvgIpc) is 2.64. The Morgan fingerprint density at radius 2 is 2.04 bits per heavy atom. The molecule has 2 saturated heterocycles. The zero-order valence-corrected chi connectivity index (χ0v) is 14.6. The van der Waals surface area contributed by atoms with Gasteiger partial charge in [-0.15, -0.1) is 0 Å². The SMILES string of the molecule is C[C@@H](NC(=O)c1ccc(CN2CCOCC2)cc1)[C@H]1CCCCN1. The Morgan fingerprint density at radius 1 is 1.29 bits per heavy atom. The number of piperidine rings is 1. The molecule has 3 rings (SSSR count). The molecule has 0 bridgehead atoms. The summed E-state index contributed by atoms with van der Waals surface area (Å²) in [6, 6.07) is 8.55. The van der Waals surface area contributed by atoms with Crippen LogP contribution in [-0.4, -0.2) is 55.7 Å². The highest BCUT2D eigenvalue weighted by molar-refractivity contribution is 5.94. The van der Waals surface area contributed by atoms with Crippen molar-refractivity contribution >= 4 is 5.91 Å². The summed E-state index contributed by atoms with van der Waals surface area (Å²) in [5.74, 6) is 0.0211. The smallest absolute Gasteiger partial charge is 0.251 e. The third-order valence-corrected chi connectivity index (χ3v) is 5.04. The van der Waals surface area contributed by atoms with Gasteiger partial charge in [0.2, 0.25) is 0 Å². The predicted octanol–water partition coefficient (Wildman–Crippen LogP) is 1.78. The summed E-state index contributed by atoms with van der Waals surface area (Å²) in [5, 5.41) is 6.64. The van der Waals surface area contributed by atoms with E-state index < -0.39 is 0 Å². The molecular formula is C19H29N3O2. The molecule has 1 amide bonds. The van der Waals surface area contributed by atoms with Gasteiger partial charge >= 0.3 is 0 Å². The summed E-state index contributed by atoms with van der Waals surface area (Å²) >= 11 is 0. The molecule has 2 aliphatic heterocycles.